The number of amides is 2. The minimum absolute atomic E-state index is 0.0839. The van der Waals surface area contributed by atoms with Crippen molar-refractivity contribution < 1.29 is 18.0 Å². The minimum Gasteiger partial charge on any atom is -0.352 e. The Kier molecular flexibility index (Phi) is 9.73. The smallest absolute Gasteiger partial charge is 0.264 e. The first-order valence-corrected chi connectivity index (χ1v) is 14.6. The topological polar surface area (TPSA) is 86.8 Å². The number of anilines is 1. The van der Waals surface area contributed by atoms with Crippen molar-refractivity contribution in [3.8, 4) is 0 Å². The minimum atomic E-state index is -4.08. The van der Waals surface area contributed by atoms with Crippen molar-refractivity contribution in [2.45, 2.75) is 58.1 Å². The largest absolute Gasteiger partial charge is 0.352 e. The van der Waals surface area contributed by atoms with E-state index in [1.54, 1.807) is 43.3 Å². The van der Waals surface area contributed by atoms with Crippen molar-refractivity contribution in [1.29, 1.82) is 0 Å². The van der Waals surface area contributed by atoms with Crippen LogP contribution in [0.2, 0.25) is 0 Å². The van der Waals surface area contributed by atoms with Gasteiger partial charge in [0.05, 0.1) is 10.6 Å². The molecular formula is C29H34BrN3O4S. The van der Waals surface area contributed by atoms with E-state index >= 15 is 0 Å². The van der Waals surface area contributed by atoms with Gasteiger partial charge in [0.2, 0.25) is 11.8 Å². The number of hydrogen-bond donors (Lipinski definition) is 1. The molecule has 0 aliphatic carbocycles. The Labute approximate surface area is 234 Å². The van der Waals surface area contributed by atoms with E-state index in [-0.39, 0.29) is 23.4 Å². The van der Waals surface area contributed by atoms with E-state index in [0.717, 1.165) is 25.5 Å². The number of benzene rings is 3. The van der Waals surface area contributed by atoms with Crippen LogP contribution in [0.25, 0.3) is 0 Å². The second kappa shape index (κ2) is 12.6. The average Bonchev–Trinajstić information content (AvgIpc) is 2.86. The van der Waals surface area contributed by atoms with E-state index in [9.17, 15) is 18.0 Å². The van der Waals surface area contributed by atoms with Crippen LogP contribution >= 0.6 is 15.9 Å². The number of aryl methyl sites for hydroxylation is 2. The van der Waals surface area contributed by atoms with Crippen LogP contribution in [0.4, 0.5) is 5.69 Å². The molecule has 0 aliphatic heterocycles. The Hall–Kier alpha value is -3.17. The molecule has 7 nitrogen and oxygen atoms in total. The van der Waals surface area contributed by atoms with Gasteiger partial charge in [-0.1, -0.05) is 63.5 Å². The third kappa shape index (κ3) is 7.45. The monoisotopic (exact) mass is 599 g/mol. The molecule has 3 aromatic rings. The van der Waals surface area contributed by atoms with Crippen LogP contribution in [0.1, 0.15) is 37.5 Å². The summed E-state index contributed by atoms with van der Waals surface area (Å²) in [5.41, 5.74) is 3.06. The first kappa shape index (κ1) is 29.4. The number of sulfonamides is 1. The summed E-state index contributed by atoms with van der Waals surface area (Å²) in [7, 11) is -4.08. The molecule has 3 rings (SSSR count). The summed E-state index contributed by atoms with van der Waals surface area (Å²) in [6, 6.07) is 20.0. The SMILES string of the molecule is Cc1ccc(N(CC(=O)N(Cc2cccc(Br)c2)[C@H](C)C(=O)NC(C)C)S(=O)(=O)c2ccc(C)cc2)cc1. The molecule has 0 aliphatic rings. The zero-order valence-corrected chi connectivity index (χ0v) is 24.7. The number of carbonyl (C=O) groups excluding carboxylic acids is 2. The highest BCUT2D eigenvalue weighted by Crippen LogP contribution is 2.25. The molecule has 3 aromatic carbocycles. The Balaban J connectivity index is 2.02. The maximum Gasteiger partial charge on any atom is 0.264 e. The zero-order valence-electron chi connectivity index (χ0n) is 22.3. The second-order valence-electron chi connectivity index (χ2n) is 9.65. The third-order valence-corrected chi connectivity index (χ3v) is 8.33. The molecule has 0 heterocycles. The van der Waals surface area contributed by atoms with Crippen LogP contribution < -0.4 is 9.62 Å². The van der Waals surface area contributed by atoms with E-state index in [1.807, 2.05) is 52.0 Å². The summed E-state index contributed by atoms with van der Waals surface area (Å²) in [4.78, 5) is 28.3. The molecule has 9 heteroatoms. The van der Waals surface area contributed by atoms with E-state index in [0.29, 0.717) is 5.69 Å². The standard InChI is InChI=1S/C29H34BrN3O4S/c1-20(2)31-29(35)23(5)32(18-24-7-6-8-25(30)17-24)28(34)19-33(26-13-9-21(3)10-14-26)38(36,37)27-15-11-22(4)12-16-27/h6-17,20,23H,18-19H2,1-5H3,(H,31,35)/t23-/m1/s1. The first-order valence-electron chi connectivity index (χ1n) is 12.4. The summed E-state index contributed by atoms with van der Waals surface area (Å²) in [5.74, 6) is -0.806. The van der Waals surface area contributed by atoms with E-state index < -0.39 is 28.5 Å². The molecule has 202 valence electrons. The van der Waals surface area contributed by atoms with Crippen LogP contribution in [0.3, 0.4) is 0 Å². The van der Waals surface area contributed by atoms with Crippen molar-refractivity contribution in [2.24, 2.45) is 0 Å². The fraction of sp³-hybridized carbons (Fsp3) is 0.310. The van der Waals surface area contributed by atoms with Gasteiger partial charge in [-0.05, 0) is 76.6 Å². The lowest BCUT2D eigenvalue weighted by Gasteiger charge is -2.32. The van der Waals surface area contributed by atoms with Crippen molar-refractivity contribution >= 4 is 43.5 Å². The molecule has 0 radical (unpaired) electrons. The van der Waals surface area contributed by atoms with Crippen LogP contribution in [0, 0.1) is 13.8 Å². The van der Waals surface area contributed by atoms with Gasteiger partial charge in [-0.3, -0.25) is 13.9 Å². The van der Waals surface area contributed by atoms with E-state index in [1.165, 1.54) is 17.0 Å². The summed E-state index contributed by atoms with van der Waals surface area (Å²) in [5, 5.41) is 2.85. The van der Waals surface area contributed by atoms with Gasteiger partial charge in [0.15, 0.2) is 0 Å². The molecule has 2 amide bonds. The fourth-order valence-electron chi connectivity index (χ4n) is 3.90. The van der Waals surface area contributed by atoms with Crippen LogP contribution in [-0.2, 0) is 26.2 Å². The Morgan fingerprint density at radius 2 is 1.47 bits per heavy atom. The lowest BCUT2D eigenvalue weighted by Crippen LogP contribution is -2.52. The van der Waals surface area contributed by atoms with Gasteiger partial charge in [-0.25, -0.2) is 8.42 Å². The van der Waals surface area contributed by atoms with Crippen molar-refractivity contribution in [1.82, 2.24) is 10.2 Å². The van der Waals surface area contributed by atoms with Crippen LogP contribution in [0.5, 0.6) is 0 Å². The summed E-state index contributed by atoms with van der Waals surface area (Å²) in [6.45, 7) is 8.79. The highest BCUT2D eigenvalue weighted by molar-refractivity contribution is 9.10. The maximum atomic E-state index is 13.9. The van der Waals surface area contributed by atoms with Gasteiger partial charge in [0, 0.05) is 17.1 Å². The molecule has 1 atom stereocenters. The first-order chi connectivity index (χ1) is 17.9. The van der Waals surface area contributed by atoms with Gasteiger partial charge in [0.1, 0.15) is 12.6 Å². The molecule has 38 heavy (non-hydrogen) atoms. The Bertz CT molecular complexity index is 1370. The molecule has 0 spiro atoms. The summed E-state index contributed by atoms with van der Waals surface area (Å²) < 4.78 is 29.6. The summed E-state index contributed by atoms with van der Waals surface area (Å²) in [6.07, 6.45) is 0. The van der Waals surface area contributed by atoms with Crippen LogP contribution in [-0.4, -0.2) is 43.8 Å². The number of nitrogens with one attached hydrogen (secondary N) is 1. The van der Waals surface area contributed by atoms with Gasteiger partial charge >= 0.3 is 0 Å². The molecule has 0 unspecified atom stereocenters. The normalized spacial score (nSPS) is 12.2. The number of rotatable bonds is 10. The quantitative estimate of drug-likeness (QED) is 0.347. The van der Waals surface area contributed by atoms with Gasteiger partial charge in [0.25, 0.3) is 10.0 Å². The summed E-state index contributed by atoms with van der Waals surface area (Å²) >= 11 is 3.45. The highest BCUT2D eigenvalue weighted by Gasteiger charge is 2.32. The zero-order chi connectivity index (χ0) is 28.0. The van der Waals surface area contributed by atoms with E-state index in [4.69, 9.17) is 0 Å². The number of halogens is 1. The lowest BCUT2D eigenvalue weighted by atomic mass is 10.1. The molecule has 1 N–H and O–H groups in total. The highest BCUT2D eigenvalue weighted by atomic mass is 79.9. The Morgan fingerprint density at radius 1 is 0.895 bits per heavy atom. The Morgan fingerprint density at radius 3 is 2.03 bits per heavy atom. The third-order valence-electron chi connectivity index (χ3n) is 6.05. The van der Waals surface area contributed by atoms with Crippen LogP contribution in [0.15, 0.2) is 82.2 Å². The molecule has 0 aromatic heterocycles. The molecular weight excluding hydrogens is 566 g/mol. The predicted octanol–water partition coefficient (Wildman–Crippen LogP) is 5.20. The predicted molar refractivity (Wildman–Crippen MR) is 154 cm³/mol. The van der Waals surface area contributed by atoms with Crippen molar-refractivity contribution in [3.63, 3.8) is 0 Å². The number of carbonyl (C=O) groups is 2. The average molecular weight is 601 g/mol. The maximum absolute atomic E-state index is 13.9. The van der Waals surface area contributed by atoms with Gasteiger partial charge in [-0.2, -0.15) is 0 Å². The fourth-order valence-corrected chi connectivity index (χ4v) is 5.76. The molecule has 0 fully saturated rings. The second-order valence-corrected chi connectivity index (χ2v) is 12.4. The number of hydrogen-bond acceptors (Lipinski definition) is 4. The van der Waals surface area contributed by atoms with Crippen molar-refractivity contribution in [3.05, 3.63) is 94.0 Å². The molecule has 0 saturated carbocycles. The molecule has 0 saturated heterocycles. The number of nitrogens with zero attached hydrogens (tertiary/aromatic N) is 2. The van der Waals surface area contributed by atoms with Gasteiger partial charge < -0.3 is 10.2 Å². The van der Waals surface area contributed by atoms with Crippen molar-refractivity contribution in [2.75, 3.05) is 10.8 Å². The lowest BCUT2D eigenvalue weighted by molar-refractivity contribution is -0.139. The van der Waals surface area contributed by atoms with Gasteiger partial charge in [-0.15, -0.1) is 0 Å². The molecule has 0 bridgehead atoms. The van der Waals surface area contributed by atoms with E-state index in [2.05, 4.69) is 21.2 Å².